The summed E-state index contributed by atoms with van der Waals surface area (Å²) in [4.78, 5) is 21.5. The Morgan fingerprint density at radius 3 is 2.90 bits per heavy atom. The molecule has 0 aliphatic carbocycles. The number of ether oxygens (including phenoxy) is 1. The van der Waals surface area contributed by atoms with E-state index >= 15 is 0 Å². The van der Waals surface area contributed by atoms with Crippen LogP contribution >= 0.6 is 0 Å². The first-order valence-corrected chi connectivity index (χ1v) is 6.83. The van der Waals surface area contributed by atoms with Crippen LogP contribution in [0, 0.1) is 23.0 Å². The van der Waals surface area contributed by atoms with Crippen LogP contribution in [0.2, 0.25) is 0 Å². The number of nitro benzene ring substituents is 1. The average molecular weight is 294 g/mol. The SMILES string of the molecule is Cc1c(NCC2CCCOC2)cc(C(=O)O)cc1[N+](=O)[O-]. The molecule has 0 radical (unpaired) electrons. The maximum atomic E-state index is 11.1. The van der Waals surface area contributed by atoms with E-state index in [4.69, 9.17) is 9.84 Å². The molecule has 0 saturated carbocycles. The molecule has 0 bridgehead atoms. The molecule has 114 valence electrons. The fraction of sp³-hybridized carbons (Fsp3) is 0.500. The molecule has 1 aliphatic heterocycles. The third-order valence-corrected chi connectivity index (χ3v) is 3.66. The lowest BCUT2D eigenvalue weighted by Gasteiger charge is -2.23. The molecule has 0 spiro atoms. The Morgan fingerprint density at radius 2 is 2.33 bits per heavy atom. The number of carboxylic acids is 1. The van der Waals surface area contributed by atoms with Crippen molar-refractivity contribution in [3.05, 3.63) is 33.4 Å². The Hall–Kier alpha value is -2.15. The number of hydrogen-bond donors (Lipinski definition) is 2. The van der Waals surface area contributed by atoms with Gasteiger partial charge in [0.15, 0.2) is 0 Å². The zero-order chi connectivity index (χ0) is 15.4. The van der Waals surface area contributed by atoms with E-state index < -0.39 is 10.9 Å². The second-order valence-corrected chi connectivity index (χ2v) is 5.19. The number of nitrogens with one attached hydrogen (secondary N) is 1. The first kappa shape index (κ1) is 15.2. The van der Waals surface area contributed by atoms with E-state index in [9.17, 15) is 14.9 Å². The highest BCUT2D eigenvalue weighted by Gasteiger charge is 2.20. The minimum absolute atomic E-state index is 0.0882. The van der Waals surface area contributed by atoms with Crippen LogP contribution in [0.3, 0.4) is 0 Å². The molecule has 21 heavy (non-hydrogen) atoms. The van der Waals surface area contributed by atoms with Crippen molar-refractivity contribution in [2.75, 3.05) is 25.1 Å². The summed E-state index contributed by atoms with van der Waals surface area (Å²) in [5.74, 6) is -0.840. The molecule has 0 amide bonds. The van der Waals surface area contributed by atoms with E-state index in [1.807, 2.05) is 0 Å². The lowest BCUT2D eigenvalue weighted by atomic mass is 10.0. The third kappa shape index (κ3) is 3.69. The number of anilines is 1. The molecule has 1 saturated heterocycles. The first-order valence-electron chi connectivity index (χ1n) is 6.83. The predicted octanol–water partition coefficient (Wildman–Crippen LogP) is 2.44. The number of carboxylic acid groups (broad SMARTS) is 1. The van der Waals surface area contributed by atoms with Crippen molar-refractivity contribution in [1.29, 1.82) is 0 Å². The Morgan fingerprint density at radius 1 is 1.57 bits per heavy atom. The molecular weight excluding hydrogens is 276 g/mol. The highest BCUT2D eigenvalue weighted by atomic mass is 16.6. The maximum absolute atomic E-state index is 11.1. The first-order chi connectivity index (χ1) is 9.99. The largest absolute Gasteiger partial charge is 0.478 e. The zero-order valence-corrected chi connectivity index (χ0v) is 11.8. The van der Waals surface area contributed by atoms with Gasteiger partial charge in [0.1, 0.15) is 0 Å². The summed E-state index contributed by atoms with van der Waals surface area (Å²) in [5.41, 5.74) is 0.667. The lowest BCUT2D eigenvalue weighted by molar-refractivity contribution is -0.385. The van der Waals surface area contributed by atoms with Crippen molar-refractivity contribution >= 4 is 17.3 Å². The van der Waals surface area contributed by atoms with E-state index in [2.05, 4.69) is 5.32 Å². The molecule has 0 aromatic heterocycles. The second-order valence-electron chi connectivity index (χ2n) is 5.19. The highest BCUT2D eigenvalue weighted by molar-refractivity contribution is 5.90. The van der Waals surface area contributed by atoms with Crippen LogP contribution in [0.4, 0.5) is 11.4 Å². The van der Waals surface area contributed by atoms with Gasteiger partial charge in [0, 0.05) is 30.5 Å². The van der Waals surface area contributed by atoms with Crippen LogP contribution in [-0.2, 0) is 4.74 Å². The van der Waals surface area contributed by atoms with E-state index in [1.54, 1.807) is 6.92 Å². The quantitative estimate of drug-likeness (QED) is 0.639. The van der Waals surface area contributed by atoms with Crippen molar-refractivity contribution in [2.45, 2.75) is 19.8 Å². The minimum atomic E-state index is -1.18. The molecular formula is C14H18N2O5. The molecule has 1 unspecified atom stereocenters. The van der Waals surface area contributed by atoms with Gasteiger partial charge in [-0.3, -0.25) is 10.1 Å². The lowest BCUT2D eigenvalue weighted by Crippen LogP contribution is -2.24. The summed E-state index contributed by atoms with van der Waals surface area (Å²) in [7, 11) is 0. The second kappa shape index (κ2) is 6.53. The number of rotatable bonds is 5. The Balaban J connectivity index is 2.20. The van der Waals surface area contributed by atoms with E-state index in [1.165, 1.54) is 6.07 Å². The standard InChI is InChI=1S/C14H18N2O5/c1-9-12(15-7-10-3-2-4-21-8-10)5-11(14(17)18)6-13(9)16(19)20/h5-6,10,15H,2-4,7-8H2,1H3,(H,17,18). The molecule has 1 atom stereocenters. The number of hydrogen-bond acceptors (Lipinski definition) is 5. The van der Waals surface area contributed by atoms with Crippen molar-refractivity contribution in [3.8, 4) is 0 Å². The minimum Gasteiger partial charge on any atom is -0.478 e. The maximum Gasteiger partial charge on any atom is 0.336 e. The van der Waals surface area contributed by atoms with Gasteiger partial charge in [0.05, 0.1) is 17.1 Å². The molecule has 1 fully saturated rings. The molecule has 1 aliphatic rings. The molecule has 7 heteroatoms. The average Bonchev–Trinajstić information content (AvgIpc) is 2.46. The topological polar surface area (TPSA) is 102 Å². The zero-order valence-electron chi connectivity index (χ0n) is 11.8. The van der Waals surface area contributed by atoms with Gasteiger partial charge in [0.2, 0.25) is 0 Å². The Labute approximate surface area is 122 Å². The predicted molar refractivity (Wildman–Crippen MR) is 76.8 cm³/mol. The fourth-order valence-electron chi connectivity index (χ4n) is 2.42. The van der Waals surface area contributed by atoms with Gasteiger partial charge in [-0.1, -0.05) is 0 Å². The van der Waals surface area contributed by atoms with Crippen LogP contribution in [0.5, 0.6) is 0 Å². The van der Waals surface area contributed by atoms with E-state index in [0.29, 0.717) is 30.3 Å². The fourth-order valence-corrected chi connectivity index (χ4v) is 2.42. The van der Waals surface area contributed by atoms with Crippen LogP contribution < -0.4 is 5.32 Å². The normalized spacial score (nSPS) is 18.2. The van der Waals surface area contributed by atoms with E-state index in [0.717, 1.165) is 25.5 Å². The molecule has 1 heterocycles. The molecule has 7 nitrogen and oxygen atoms in total. The van der Waals surface area contributed by atoms with E-state index in [-0.39, 0.29) is 11.3 Å². The summed E-state index contributed by atoms with van der Waals surface area (Å²) in [6, 6.07) is 2.53. The number of benzene rings is 1. The van der Waals surface area contributed by atoms with Gasteiger partial charge in [0.25, 0.3) is 5.69 Å². The Bertz CT molecular complexity index is 553. The third-order valence-electron chi connectivity index (χ3n) is 3.66. The summed E-state index contributed by atoms with van der Waals surface area (Å²) < 4.78 is 5.38. The van der Waals surface area contributed by atoms with Crippen LogP contribution in [0.15, 0.2) is 12.1 Å². The van der Waals surface area contributed by atoms with Gasteiger partial charge < -0.3 is 15.2 Å². The van der Waals surface area contributed by atoms with Crippen molar-refractivity contribution in [2.24, 2.45) is 5.92 Å². The van der Waals surface area contributed by atoms with Crippen molar-refractivity contribution < 1.29 is 19.6 Å². The molecule has 1 aromatic carbocycles. The van der Waals surface area contributed by atoms with Gasteiger partial charge in [-0.2, -0.15) is 0 Å². The van der Waals surface area contributed by atoms with Crippen LogP contribution in [-0.4, -0.2) is 35.8 Å². The monoisotopic (exact) mass is 294 g/mol. The summed E-state index contributed by atoms with van der Waals surface area (Å²) in [5, 5.41) is 23.2. The summed E-state index contributed by atoms with van der Waals surface area (Å²) in [6.45, 7) is 3.66. The van der Waals surface area contributed by atoms with Gasteiger partial charge in [-0.05, 0) is 31.7 Å². The van der Waals surface area contributed by atoms with Gasteiger partial charge >= 0.3 is 5.97 Å². The van der Waals surface area contributed by atoms with Gasteiger partial charge in [-0.25, -0.2) is 4.79 Å². The van der Waals surface area contributed by atoms with Gasteiger partial charge in [-0.15, -0.1) is 0 Å². The number of nitro groups is 1. The summed E-state index contributed by atoms with van der Waals surface area (Å²) in [6.07, 6.45) is 2.04. The highest BCUT2D eigenvalue weighted by Crippen LogP contribution is 2.28. The number of aromatic carboxylic acids is 1. The van der Waals surface area contributed by atoms with Crippen LogP contribution in [0.1, 0.15) is 28.8 Å². The van der Waals surface area contributed by atoms with Crippen molar-refractivity contribution in [1.82, 2.24) is 0 Å². The van der Waals surface area contributed by atoms with Crippen LogP contribution in [0.25, 0.3) is 0 Å². The smallest absolute Gasteiger partial charge is 0.336 e. The molecule has 1 aromatic rings. The number of carbonyl (C=O) groups is 1. The number of nitrogens with zero attached hydrogens (tertiary/aromatic N) is 1. The molecule has 2 rings (SSSR count). The van der Waals surface area contributed by atoms with Crippen molar-refractivity contribution in [3.63, 3.8) is 0 Å². The Kier molecular flexibility index (Phi) is 4.74. The summed E-state index contributed by atoms with van der Waals surface area (Å²) >= 11 is 0. The molecule has 2 N–H and O–H groups in total.